The van der Waals surface area contributed by atoms with Gasteiger partial charge in [-0.25, -0.2) is 8.42 Å². The number of Topliss-reactive ketones (excluding diaryl/α,β-unsaturated/α-hetero) is 1. The average molecular weight is 382 g/mol. The Labute approximate surface area is 152 Å². The van der Waals surface area contributed by atoms with E-state index in [-0.39, 0.29) is 22.9 Å². The lowest BCUT2D eigenvalue weighted by atomic mass is 9.96. The molecule has 1 unspecified atom stereocenters. The van der Waals surface area contributed by atoms with E-state index in [4.69, 9.17) is 11.6 Å². The zero-order chi connectivity index (χ0) is 18.8. The maximum atomic E-state index is 12.0. The molecule has 5 nitrogen and oxygen atoms in total. The van der Waals surface area contributed by atoms with Crippen LogP contribution in [-0.4, -0.2) is 32.1 Å². The third kappa shape index (κ3) is 4.81. The quantitative estimate of drug-likeness (QED) is 0.750. The maximum absolute atomic E-state index is 12.0. The fourth-order valence-corrected chi connectivity index (χ4v) is 3.44. The van der Waals surface area contributed by atoms with E-state index in [2.05, 4.69) is 5.32 Å². The molecule has 2 rings (SSSR count). The van der Waals surface area contributed by atoms with Gasteiger partial charge >= 0.3 is 0 Å². The van der Waals surface area contributed by atoms with Crippen molar-refractivity contribution in [3.63, 3.8) is 0 Å². The van der Waals surface area contributed by atoms with Crippen LogP contribution in [0, 0.1) is 0 Å². The number of rotatable bonds is 6. The van der Waals surface area contributed by atoms with Crippen molar-refractivity contribution < 1.29 is 18.3 Å². The summed E-state index contributed by atoms with van der Waals surface area (Å²) < 4.78 is 23.9. The van der Waals surface area contributed by atoms with Crippen LogP contribution >= 0.6 is 11.6 Å². The van der Waals surface area contributed by atoms with Crippen molar-refractivity contribution in [2.75, 3.05) is 18.1 Å². The van der Waals surface area contributed by atoms with E-state index >= 15 is 0 Å². The molecule has 0 bridgehead atoms. The van der Waals surface area contributed by atoms with Gasteiger partial charge < -0.3 is 10.4 Å². The van der Waals surface area contributed by atoms with E-state index in [1.807, 2.05) is 0 Å². The van der Waals surface area contributed by atoms with Gasteiger partial charge in [0.15, 0.2) is 15.6 Å². The maximum Gasteiger partial charge on any atom is 0.177 e. The van der Waals surface area contributed by atoms with E-state index in [0.29, 0.717) is 16.1 Å². The molecule has 0 spiro atoms. The van der Waals surface area contributed by atoms with Crippen molar-refractivity contribution in [1.29, 1.82) is 0 Å². The minimum Gasteiger partial charge on any atom is -0.384 e. The summed E-state index contributed by atoms with van der Waals surface area (Å²) in [6.45, 7) is 3.04. The van der Waals surface area contributed by atoms with Crippen LogP contribution < -0.4 is 5.32 Å². The van der Waals surface area contributed by atoms with Crippen molar-refractivity contribution in [1.82, 2.24) is 0 Å². The lowest BCUT2D eigenvalue weighted by Gasteiger charge is -2.25. The van der Waals surface area contributed by atoms with E-state index in [0.717, 1.165) is 6.26 Å². The zero-order valence-electron chi connectivity index (χ0n) is 14.2. The highest BCUT2D eigenvalue weighted by atomic mass is 35.5. The van der Waals surface area contributed by atoms with Crippen LogP contribution in [-0.2, 0) is 15.4 Å². The number of halogens is 1. The fraction of sp³-hybridized carbons (Fsp3) is 0.278. The molecule has 2 aromatic carbocycles. The summed E-state index contributed by atoms with van der Waals surface area (Å²) in [6.07, 6.45) is 1.09. The van der Waals surface area contributed by atoms with Gasteiger partial charge in [0.2, 0.25) is 0 Å². The molecule has 0 heterocycles. The Bertz CT molecular complexity index is 907. The number of anilines is 1. The second kappa shape index (κ2) is 7.15. The van der Waals surface area contributed by atoms with Crippen LogP contribution in [0.15, 0.2) is 47.4 Å². The van der Waals surface area contributed by atoms with Crippen molar-refractivity contribution in [3.05, 3.63) is 58.6 Å². The predicted octanol–water partition coefficient (Wildman–Crippen LogP) is 3.27. The number of hydrogen-bond donors (Lipinski definition) is 2. The SMILES string of the molecule is CC(=O)c1ccc(S(C)(=O)=O)c(NCC(C)(O)c2cccc(Cl)c2)c1. The number of hydrogen-bond acceptors (Lipinski definition) is 5. The number of ketones is 1. The Hall–Kier alpha value is -1.89. The number of carbonyl (C=O) groups excluding carboxylic acids is 1. The Morgan fingerprint density at radius 3 is 2.48 bits per heavy atom. The van der Waals surface area contributed by atoms with Crippen molar-refractivity contribution in [2.45, 2.75) is 24.3 Å². The molecule has 0 radical (unpaired) electrons. The van der Waals surface area contributed by atoms with Gasteiger partial charge in [-0.1, -0.05) is 23.7 Å². The van der Waals surface area contributed by atoms with Crippen LogP contribution in [0.5, 0.6) is 0 Å². The summed E-state index contributed by atoms with van der Waals surface area (Å²) in [7, 11) is -3.49. The molecule has 1 atom stereocenters. The highest BCUT2D eigenvalue weighted by Crippen LogP contribution is 2.27. The Kier molecular flexibility index (Phi) is 5.56. The molecule has 0 aromatic heterocycles. The second-order valence-electron chi connectivity index (χ2n) is 6.18. The highest BCUT2D eigenvalue weighted by Gasteiger charge is 2.24. The summed E-state index contributed by atoms with van der Waals surface area (Å²) >= 11 is 5.96. The standard InChI is InChI=1S/C18H20ClNO4S/c1-12(21)13-7-8-17(25(3,23)24)16(9-13)20-11-18(2,22)14-5-4-6-15(19)10-14/h4-10,20,22H,11H2,1-3H3. The molecule has 134 valence electrons. The third-order valence-electron chi connectivity index (χ3n) is 3.86. The Morgan fingerprint density at radius 2 is 1.92 bits per heavy atom. The molecule has 25 heavy (non-hydrogen) atoms. The van der Waals surface area contributed by atoms with Crippen molar-refractivity contribution in [3.8, 4) is 0 Å². The van der Waals surface area contributed by atoms with E-state index in [1.54, 1.807) is 31.2 Å². The molecule has 7 heteroatoms. The predicted molar refractivity (Wildman–Crippen MR) is 99.1 cm³/mol. The Balaban J connectivity index is 2.35. The highest BCUT2D eigenvalue weighted by molar-refractivity contribution is 7.90. The van der Waals surface area contributed by atoms with Gasteiger partial charge in [-0.3, -0.25) is 4.79 Å². The number of carbonyl (C=O) groups is 1. The summed E-state index contributed by atoms with van der Waals surface area (Å²) in [6, 6.07) is 11.1. The fourth-order valence-electron chi connectivity index (χ4n) is 2.40. The first-order chi connectivity index (χ1) is 11.5. The minimum absolute atomic E-state index is 0.0389. The molecule has 0 saturated carbocycles. The van der Waals surface area contributed by atoms with Crippen molar-refractivity contribution >= 4 is 32.9 Å². The van der Waals surface area contributed by atoms with Gasteiger partial charge in [-0.05, 0) is 49.7 Å². The monoisotopic (exact) mass is 381 g/mol. The second-order valence-corrected chi connectivity index (χ2v) is 8.60. The van der Waals surface area contributed by atoms with Gasteiger partial charge in [0, 0.05) is 23.4 Å². The van der Waals surface area contributed by atoms with Gasteiger partial charge in [-0.15, -0.1) is 0 Å². The van der Waals surface area contributed by atoms with Crippen LogP contribution in [0.2, 0.25) is 5.02 Å². The third-order valence-corrected chi connectivity index (χ3v) is 5.25. The van der Waals surface area contributed by atoms with Crippen molar-refractivity contribution in [2.24, 2.45) is 0 Å². The Morgan fingerprint density at radius 1 is 1.24 bits per heavy atom. The van der Waals surface area contributed by atoms with E-state index in [9.17, 15) is 18.3 Å². The van der Waals surface area contributed by atoms with E-state index < -0.39 is 15.4 Å². The van der Waals surface area contributed by atoms with Gasteiger partial charge in [0.05, 0.1) is 10.6 Å². The average Bonchev–Trinajstić information content (AvgIpc) is 2.51. The molecular weight excluding hydrogens is 362 g/mol. The molecule has 2 N–H and O–H groups in total. The van der Waals surface area contributed by atoms with Gasteiger partial charge in [-0.2, -0.15) is 0 Å². The largest absolute Gasteiger partial charge is 0.384 e. The summed E-state index contributed by atoms with van der Waals surface area (Å²) in [4.78, 5) is 11.6. The number of sulfone groups is 1. The van der Waals surface area contributed by atoms with Gasteiger partial charge in [0.1, 0.15) is 5.60 Å². The lowest BCUT2D eigenvalue weighted by molar-refractivity contribution is 0.0715. The first-order valence-corrected chi connectivity index (χ1v) is 9.85. The number of aliphatic hydroxyl groups is 1. The molecule has 0 aliphatic carbocycles. The molecule has 2 aromatic rings. The normalized spacial score (nSPS) is 14.0. The van der Waals surface area contributed by atoms with Crippen LogP contribution in [0.1, 0.15) is 29.8 Å². The number of nitrogens with one attached hydrogen (secondary N) is 1. The molecule has 0 aliphatic heterocycles. The molecule has 0 saturated heterocycles. The van der Waals surface area contributed by atoms with Crippen LogP contribution in [0.3, 0.4) is 0 Å². The smallest absolute Gasteiger partial charge is 0.177 e. The molecule has 0 fully saturated rings. The summed E-state index contributed by atoms with van der Waals surface area (Å²) in [5.41, 5.74) is -0.0303. The molecule has 0 aliphatic rings. The molecular formula is C18H20ClNO4S. The van der Waals surface area contributed by atoms with E-state index in [1.165, 1.54) is 25.1 Å². The van der Waals surface area contributed by atoms with Crippen LogP contribution in [0.25, 0.3) is 0 Å². The topological polar surface area (TPSA) is 83.5 Å². The summed E-state index contributed by atoms with van der Waals surface area (Å²) in [5, 5.41) is 14.1. The first kappa shape index (κ1) is 19.4. The molecule has 0 amide bonds. The lowest BCUT2D eigenvalue weighted by Crippen LogP contribution is -2.31. The summed E-state index contributed by atoms with van der Waals surface area (Å²) in [5.74, 6) is -0.176. The zero-order valence-corrected chi connectivity index (χ0v) is 15.8. The number of benzene rings is 2. The first-order valence-electron chi connectivity index (χ1n) is 7.58. The minimum atomic E-state index is -3.49. The van der Waals surface area contributed by atoms with Gasteiger partial charge in [0.25, 0.3) is 0 Å². The van der Waals surface area contributed by atoms with Crippen LogP contribution in [0.4, 0.5) is 5.69 Å².